The first-order chi connectivity index (χ1) is 11.6. The number of nitrogens with one attached hydrogen (secondary N) is 1. The van der Waals surface area contributed by atoms with Crippen LogP contribution >= 0.6 is 0 Å². The van der Waals surface area contributed by atoms with E-state index in [1.807, 2.05) is 50.3 Å². The molecule has 2 aromatic rings. The van der Waals surface area contributed by atoms with Gasteiger partial charge in [-0.1, -0.05) is 18.2 Å². The molecule has 3 rings (SSSR count). The highest BCUT2D eigenvalue weighted by molar-refractivity contribution is 6.04. The quantitative estimate of drug-likeness (QED) is 0.876. The maximum atomic E-state index is 12.8. The molecule has 1 aliphatic rings. The number of pyridine rings is 1. The van der Waals surface area contributed by atoms with Crippen LogP contribution in [0, 0.1) is 13.8 Å². The molecule has 0 bridgehead atoms. The van der Waals surface area contributed by atoms with E-state index in [-0.39, 0.29) is 6.03 Å². The molecule has 0 saturated heterocycles. The van der Waals surface area contributed by atoms with Gasteiger partial charge in [0.05, 0.1) is 5.69 Å². The lowest BCUT2D eigenvalue weighted by Gasteiger charge is -2.36. The lowest BCUT2D eigenvalue weighted by Crippen LogP contribution is -2.46. The standard InChI is InChI=1S/C19H22N4O/c1-4-11-22-12-13-23(17-9-6-10-20-18(17)22)19(24)21-16-8-5-7-14(2)15(16)3/h4-10H,1,11-13H2,2-3H3,(H,21,24). The SMILES string of the molecule is C=CCN1CCN(C(=O)Nc2cccc(C)c2C)c2cccnc21. The van der Waals surface area contributed by atoms with Gasteiger partial charge in [0.25, 0.3) is 0 Å². The Bertz CT molecular complexity index is 772. The van der Waals surface area contributed by atoms with E-state index in [9.17, 15) is 4.79 Å². The highest BCUT2D eigenvalue weighted by Gasteiger charge is 2.27. The van der Waals surface area contributed by atoms with Gasteiger partial charge in [0.15, 0.2) is 5.82 Å². The zero-order valence-electron chi connectivity index (χ0n) is 14.1. The summed E-state index contributed by atoms with van der Waals surface area (Å²) in [6.07, 6.45) is 3.60. The number of fused-ring (bicyclic) bond motifs is 1. The smallest absolute Gasteiger partial charge is 0.326 e. The fourth-order valence-electron chi connectivity index (χ4n) is 2.90. The average Bonchev–Trinajstić information content (AvgIpc) is 2.59. The summed E-state index contributed by atoms with van der Waals surface area (Å²) in [5.74, 6) is 0.819. The van der Waals surface area contributed by atoms with Gasteiger partial charge in [-0.25, -0.2) is 9.78 Å². The van der Waals surface area contributed by atoms with Crippen molar-refractivity contribution in [2.75, 3.05) is 34.8 Å². The van der Waals surface area contributed by atoms with Crippen LogP contribution in [0.4, 0.5) is 22.0 Å². The van der Waals surface area contributed by atoms with E-state index in [2.05, 4.69) is 21.8 Å². The van der Waals surface area contributed by atoms with Crippen LogP contribution in [0.5, 0.6) is 0 Å². The second-order valence-corrected chi connectivity index (χ2v) is 5.91. The lowest BCUT2D eigenvalue weighted by molar-refractivity contribution is 0.256. The van der Waals surface area contributed by atoms with Gasteiger partial charge in [0.2, 0.25) is 0 Å². The van der Waals surface area contributed by atoms with Crippen LogP contribution in [-0.4, -0.2) is 30.6 Å². The van der Waals surface area contributed by atoms with E-state index in [0.29, 0.717) is 6.54 Å². The molecule has 1 aromatic carbocycles. The van der Waals surface area contributed by atoms with Gasteiger partial charge in [-0.3, -0.25) is 4.90 Å². The van der Waals surface area contributed by atoms with Crippen molar-refractivity contribution < 1.29 is 4.79 Å². The number of carbonyl (C=O) groups is 1. The van der Waals surface area contributed by atoms with Crippen molar-refractivity contribution in [2.24, 2.45) is 0 Å². The maximum Gasteiger partial charge on any atom is 0.326 e. The number of hydrogen-bond acceptors (Lipinski definition) is 3. The summed E-state index contributed by atoms with van der Waals surface area (Å²) in [5, 5.41) is 3.03. The number of aromatic nitrogens is 1. The number of anilines is 3. The average molecular weight is 322 g/mol. The first-order valence-electron chi connectivity index (χ1n) is 8.07. The summed E-state index contributed by atoms with van der Waals surface area (Å²) in [5.41, 5.74) is 3.92. The van der Waals surface area contributed by atoms with E-state index < -0.39 is 0 Å². The third-order valence-electron chi connectivity index (χ3n) is 4.39. The van der Waals surface area contributed by atoms with Crippen molar-refractivity contribution in [3.8, 4) is 0 Å². The number of aryl methyl sites for hydroxylation is 1. The number of nitrogens with zero attached hydrogens (tertiary/aromatic N) is 3. The van der Waals surface area contributed by atoms with Crippen LogP contribution in [0.25, 0.3) is 0 Å². The molecule has 2 amide bonds. The second-order valence-electron chi connectivity index (χ2n) is 5.91. The molecule has 5 heteroatoms. The Balaban J connectivity index is 1.86. The highest BCUT2D eigenvalue weighted by Crippen LogP contribution is 2.31. The number of rotatable bonds is 3. The normalized spacial score (nSPS) is 13.4. The van der Waals surface area contributed by atoms with Crippen molar-refractivity contribution in [1.82, 2.24) is 4.98 Å². The van der Waals surface area contributed by atoms with Crippen molar-refractivity contribution in [3.05, 3.63) is 60.3 Å². The summed E-state index contributed by atoms with van der Waals surface area (Å²) >= 11 is 0. The molecule has 0 radical (unpaired) electrons. The van der Waals surface area contributed by atoms with Gasteiger partial charge in [-0.15, -0.1) is 6.58 Å². The van der Waals surface area contributed by atoms with Crippen molar-refractivity contribution in [2.45, 2.75) is 13.8 Å². The van der Waals surface area contributed by atoms with E-state index in [4.69, 9.17) is 0 Å². The van der Waals surface area contributed by atoms with Crippen molar-refractivity contribution >= 4 is 23.2 Å². The molecule has 0 atom stereocenters. The first-order valence-corrected chi connectivity index (χ1v) is 8.07. The van der Waals surface area contributed by atoms with Crippen LogP contribution in [0.1, 0.15) is 11.1 Å². The minimum absolute atomic E-state index is 0.129. The van der Waals surface area contributed by atoms with Gasteiger partial charge in [0, 0.05) is 31.5 Å². The molecule has 5 nitrogen and oxygen atoms in total. The van der Waals surface area contributed by atoms with Gasteiger partial charge >= 0.3 is 6.03 Å². The number of benzene rings is 1. The molecule has 124 valence electrons. The van der Waals surface area contributed by atoms with Gasteiger partial charge in [-0.05, 0) is 43.2 Å². The minimum Gasteiger partial charge on any atom is -0.349 e. The first kappa shape index (κ1) is 16.1. The third kappa shape index (κ3) is 2.97. The van der Waals surface area contributed by atoms with Crippen LogP contribution < -0.4 is 15.1 Å². The Hall–Kier alpha value is -2.82. The fourth-order valence-corrected chi connectivity index (χ4v) is 2.90. The summed E-state index contributed by atoms with van der Waals surface area (Å²) in [6.45, 7) is 9.91. The Morgan fingerprint density at radius 1 is 1.29 bits per heavy atom. The predicted octanol–water partition coefficient (Wildman–Crippen LogP) is 3.74. The maximum absolute atomic E-state index is 12.8. The van der Waals surface area contributed by atoms with Crippen LogP contribution in [-0.2, 0) is 0 Å². The molecule has 1 N–H and O–H groups in total. The van der Waals surface area contributed by atoms with Crippen LogP contribution in [0.15, 0.2) is 49.2 Å². The summed E-state index contributed by atoms with van der Waals surface area (Å²) in [6, 6.07) is 9.58. The molecule has 1 aromatic heterocycles. The van der Waals surface area contributed by atoms with E-state index in [1.165, 1.54) is 0 Å². The predicted molar refractivity (Wildman–Crippen MR) is 98.9 cm³/mol. The molecule has 0 saturated carbocycles. The van der Waals surface area contributed by atoms with Crippen LogP contribution in [0.3, 0.4) is 0 Å². The summed E-state index contributed by atoms with van der Waals surface area (Å²) < 4.78 is 0. The lowest BCUT2D eigenvalue weighted by atomic mass is 10.1. The van der Waals surface area contributed by atoms with E-state index in [1.54, 1.807) is 11.1 Å². The van der Waals surface area contributed by atoms with Crippen LogP contribution in [0.2, 0.25) is 0 Å². The molecule has 0 fully saturated rings. The number of urea groups is 1. The molecule has 0 spiro atoms. The number of hydrogen-bond donors (Lipinski definition) is 1. The number of carbonyl (C=O) groups excluding carboxylic acids is 1. The summed E-state index contributed by atoms with van der Waals surface area (Å²) in [7, 11) is 0. The Morgan fingerprint density at radius 2 is 2.12 bits per heavy atom. The van der Waals surface area contributed by atoms with E-state index in [0.717, 1.165) is 41.4 Å². The molecule has 1 aliphatic heterocycles. The molecular weight excluding hydrogens is 300 g/mol. The fraction of sp³-hybridized carbons (Fsp3) is 0.263. The van der Waals surface area contributed by atoms with Crippen molar-refractivity contribution in [1.29, 1.82) is 0 Å². The number of amides is 2. The zero-order chi connectivity index (χ0) is 17.1. The second kappa shape index (κ2) is 6.74. The monoisotopic (exact) mass is 322 g/mol. The Labute approximate surface area is 142 Å². The minimum atomic E-state index is -0.129. The molecular formula is C19H22N4O. The molecule has 24 heavy (non-hydrogen) atoms. The zero-order valence-corrected chi connectivity index (χ0v) is 14.1. The van der Waals surface area contributed by atoms with Gasteiger partial charge in [0.1, 0.15) is 0 Å². The third-order valence-corrected chi connectivity index (χ3v) is 4.39. The van der Waals surface area contributed by atoms with Gasteiger partial charge < -0.3 is 10.2 Å². The van der Waals surface area contributed by atoms with E-state index >= 15 is 0 Å². The van der Waals surface area contributed by atoms with Crippen molar-refractivity contribution in [3.63, 3.8) is 0 Å². The Morgan fingerprint density at radius 3 is 2.92 bits per heavy atom. The molecule has 2 heterocycles. The topological polar surface area (TPSA) is 48.5 Å². The largest absolute Gasteiger partial charge is 0.349 e. The summed E-state index contributed by atoms with van der Waals surface area (Å²) in [4.78, 5) is 21.1. The molecule has 0 aliphatic carbocycles. The molecule has 0 unspecified atom stereocenters. The van der Waals surface area contributed by atoms with Gasteiger partial charge in [-0.2, -0.15) is 0 Å². The highest BCUT2D eigenvalue weighted by atomic mass is 16.2. The Kier molecular flexibility index (Phi) is 4.51.